The van der Waals surface area contributed by atoms with Gasteiger partial charge in [0.15, 0.2) is 0 Å². The molecular formula is C19H22N4O3. The van der Waals surface area contributed by atoms with Crippen LogP contribution in [0.5, 0.6) is 0 Å². The number of hydrogen-bond acceptors (Lipinski definition) is 5. The van der Waals surface area contributed by atoms with Crippen LogP contribution in [0.4, 0.5) is 0 Å². The summed E-state index contributed by atoms with van der Waals surface area (Å²) in [6, 6.07) is 1.78. The molecule has 2 saturated heterocycles. The molecule has 2 aliphatic rings. The van der Waals surface area contributed by atoms with Crippen LogP contribution >= 0.6 is 0 Å². The van der Waals surface area contributed by atoms with E-state index in [0.29, 0.717) is 11.3 Å². The molecule has 0 saturated carbocycles. The predicted molar refractivity (Wildman–Crippen MR) is 95.1 cm³/mol. The van der Waals surface area contributed by atoms with Crippen molar-refractivity contribution in [3.8, 4) is 0 Å². The second-order valence-corrected chi connectivity index (χ2v) is 7.15. The van der Waals surface area contributed by atoms with Gasteiger partial charge in [0.2, 0.25) is 0 Å². The highest BCUT2D eigenvalue weighted by Crippen LogP contribution is 2.34. The van der Waals surface area contributed by atoms with Crippen molar-refractivity contribution >= 4 is 5.91 Å². The van der Waals surface area contributed by atoms with Crippen LogP contribution in [0.15, 0.2) is 29.5 Å². The number of amides is 1. The highest BCUT2D eigenvalue weighted by atomic mass is 16.5. The van der Waals surface area contributed by atoms with Crippen molar-refractivity contribution in [2.75, 3.05) is 0 Å². The molecule has 26 heavy (non-hydrogen) atoms. The van der Waals surface area contributed by atoms with E-state index in [1.807, 2.05) is 6.92 Å². The van der Waals surface area contributed by atoms with E-state index in [9.17, 15) is 9.59 Å². The topological polar surface area (TPSA) is 86.1 Å². The Bertz CT molecular complexity index is 891. The molecule has 3 atom stereocenters. The standard InChI is InChI=1S/C19H22N4O3/c1-11-5-6-23(10-13-9-20-12(2)8-21-13)19(25)17(11)18(24)22-15-7-14-3-4-16(15)26-14/h5-6,8-9,14-16H,3-4,7,10H2,1-2H3,(H,22,24)/t14-,15+,16+/m0/s1. The van der Waals surface area contributed by atoms with Crippen molar-refractivity contribution < 1.29 is 9.53 Å². The summed E-state index contributed by atoms with van der Waals surface area (Å²) in [5.74, 6) is -0.321. The summed E-state index contributed by atoms with van der Waals surface area (Å²) in [4.78, 5) is 34.1. The number of carbonyl (C=O) groups excluding carboxylic acids is 1. The first-order valence-corrected chi connectivity index (χ1v) is 8.95. The number of aryl methyl sites for hydroxylation is 2. The van der Waals surface area contributed by atoms with Gasteiger partial charge in [0.05, 0.1) is 42.4 Å². The van der Waals surface area contributed by atoms with E-state index in [4.69, 9.17) is 4.74 Å². The van der Waals surface area contributed by atoms with Crippen LogP contribution in [0.2, 0.25) is 0 Å². The summed E-state index contributed by atoms with van der Waals surface area (Å²) in [6.45, 7) is 3.92. The third-order valence-corrected chi connectivity index (χ3v) is 5.19. The Balaban J connectivity index is 1.56. The second kappa shape index (κ2) is 6.64. The molecule has 0 spiro atoms. The summed E-state index contributed by atoms with van der Waals surface area (Å²) < 4.78 is 7.28. The zero-order valence-corrected chi connectivity index (χ0v) is 14.9. The van der Waals surface area contributed by atoms with Gasteiger partial charge in [-0.25, -0.2) is 0 Å². The fourth-order valence-electron chi connectivity index (χ4n) is 3.77. The van der Waals surface area contributed by atoms with Crippen molar-refractivity contribution in [1.29, 1.82) is 0 Å². The van der Waals surface area contributed by atoms with Crippen LogP contribution in [0, 0.1) is 13.8 Å². The first kappa shape index (κ1) is 16.9. The molecule has 2 bridgehead atoms. The van der Waals surface area contributed by atoms with E-state index in [1.54, 1.807) is 31.6 Å². The van der Waals surface area contributed by atoms with E-state index < -0.39 is 0 Å². The molecule has 7 heteroatoms. The Hall–Kier alpha value is -2.54. The SMILES string of the molecule is Cc1cnc(Cn2ccc(C)c(C(=O)N[C@@H]3C[C@@H]4CC[C@H]3O4)c2=O)cn1. The molecule has 0 aliphatic carbocycles. The van der Waals surface area contributed by atoms with Gasteiger partial charge in [0.1, 0.15) is 5.56 Å². The minimum Gasteiger partial charge on any atom is -0.373 e. The largest absolute Gasteiger partial charge is 0.373 e. The summed E-state index contributed by atoms with van der Waals surface area (Å²) >= 11 is 0. The molecule has 0 unspecified atom stereocenters. The first-order valence-electron chi connectivity index (χ1n) is 8.95. The van der Waals surface area contributed by atoms with Crippen LogP contribution in [0.1, 0.15) is 46.6 Å². The number of nitrogens with zero attached hydrogens (tertiary/aromatic N) is 3. The summed E-state index contributed by atoms with van der Waals surface area (Å²) in [5, 5.41) is 3.00. The fraction of sp³-hybridized carbons (Fsp3) is 0.474. The van der Waals surface area contributed by atoms with Crippen LogP contribution in [-0.4, -0.2) is 38.7 Å². The van der Waals surface area contributed by atoms with Crippen molar-refractivity contribution in [3.63, 3.8) is 0 Å². The van der Waals surface area contributed by atoms with Gasteiger partial charge in [-0.15, -0.1) is 0 Å². The Morgan fingerprint density at radius 1 is 1.31 bits per heavy atom. The van der Waals surface area contributed by atoms with E-state index in [2.05, 4.69) is 15.3 Å². The number of ether oxygens (including phenoxy) is 1. The third kappa shape index (κ3) is 3.14. The molecule has 2 aromatic rings. The number of rotatable bonds is 4. The number of fused-ring (bicyclic) bond motifs is 2. The van der Waals surface area contributed by atoms with Crippen molar-refractivity contribution in [2.45, 2.75) is 57.9 Å². The zero-order chi connectivity index (χ0) is 18.3. The Morgan fingerprint density at radius 3 is 2.81 bits per heavy atom. The minimum absolute atomic E-state index is 0.00308. The minimum atomic E-state index is -0.321. The van der Waals surface area contributed by atoms with E-state index >= 15 is 0 Å². The zero-order valence-electron chi connectivity index (χ0n) is 14.9. The quantitative estimate of drug-likeness (QED) is 0.896. The molecule has 1 N–H and O–H groups in total. The van der Waals surface area contributed by atoms with Gasteiger partial charge in [0.25, 0.3) is 11.5 Å². The van der Waals surface area contributed by atoms with E-state index in [-0.39, 0.29) is 41.8 Å². The number of aromatic nitrogens is 3. The molecule has 1 amide bonds. The predicted octanol–water partition coefficient (Wildman–Crippen LogP) is 1.35. The Labute approximate surface area is 151 Å². The molecule has 4 rings (SSSR count). The number of pyridine rings is 1. The average molecular weight is 354 g/mol. The normalized spacial score (nSPS) is 24.0. The lowest BCUT2D eigenvalue weighted by molar-refractivity contribution is 0.0839. The molecular weight excluding hydrogens is 332 g/mol. The summed E-state index contributed by atoms with van der Waals surface area (Å²) in [7, 11) is 0. The molecule has 4 heterocycles. The lowest BCUT2D eigenvalue weighted by Gasteiger charge is -2.20. The lowest BCUT2D eigenvalue weighted by Crippen LogP contribution is -2.44. The van der Waals surface area contributed by atoms with Gasteiger partial charge in [-0.2, -0.15) is 0 Å². The number of hydrogen-bond donors (Lipinski definition) is 1. The van der Waals surface area contributed by atoms with Crippen molar-refractivity contribution in [3.05, 3.63) is 57.5 Å². The van der Waals surface area contributed by atoms with Gasteiger partial charge in [-0.1, -0.05) is 0 Å². The highest BCUT2D eigenvalue weighted by molar-refractivity contribution is 5.95. The van der Waals surface area contributed by atoms with Crippen LogP contribution in [0.25, 0.3) is 0 Å². The Kier molecular flexibility index (Phi) is 4.32. The molecule has 2 fully saturated rings. The molecule has 136 valence electrons. The number of nitrogens with one attached hydrogen (secondary N) is 1. The third-order valence-electron chi connectivity index (χ3n) is 5.19. The van der Waals surface area contributed by atoms with Crippen LogP contribution in [0.3, 0.4) is 0 Å². The average Bonchev–Trinajstić information content (AvgIpc) is 3.22. The fourth-order valence-corrected chi connectivity index (χ4v) is 3.77. The van der Waals surface area contributed by atoms with Gasteiger partial charge < -0.3 is 14.6 Å². The maximum Gasteiger partial charge on any atom is 0.264 e. The van der Waals surface area contributed by atoms with Crippen molar-refractivity contribution in [1.82, 2.24) is 19.9 Å². The van der Waals surface area contributed by atoms with Gasteiger partial charge in [-0.3, -0.25) is 19.6 Å². The van der Waals surface area contributed by atoms with Gasteiger partial charge in [-0.05, 0) is 44.7 Å². The summed E-state index contributed by atoms with van der Waals surface area (Å²) in [5.41, 5.74) is 2.04. The lowest BCUT2D eigenvalue weighted by atomic mass is 9.95. The van der Waals surface area contributed by atoms with E-state index in [0.717, 1.165) is 25.0 Å². The molecule has 2 aromatic heterocycles. The molecule has 7 nitrogen and oxygen atoms in total. The monoisotopic (exact) mass is 354 g/mol. The molecule has 0 aromatic carbocycles. The van der Waals surface area contributed by atoms with Gasteiger partial charge >= 0.3 is 0 Å². The van der Waals surface area contributed by atoms with E-state index in [1.165, 1.54) is 4.57 Å². The maximum absolute atomic E-state index is 12.9. The van der Waals surface area contributed by atoms with Crippen LogP contribution in [-0.2, 0) is 11.3 Å². The first-order chi connectivity index (χ1) is 12.5. The Morgan fingerprint density at radius 2 is 2.15 bits per heavy atom. The maximum atomic E-state index is 12.9. The number of carbonyl (C=O) groups is 1. The molecule has 2 aliphatic heterocycles. The van der Waals surface area contributed by atoms with Crippen LogP contribution < -0.4 is 10.9 Å². The van der Waals surface area contributed by atoms with Crippen molar-refractivity contribution in [2.24, 2.45) is 0 Å². The summed E-state index contributed by atoms with van der Waals surface area (Å²) in [6.07, 6.45) is 8.19. The second-order valence-electron chi connectivity index (χ2n) is 7.15. The smallest absolute Gasteiger partial charge is 0.264 e. The van der Waals surface area contributed by atoms with Gasteiger partial charge in [0, 0.05) is 12.4 Å². The molecule has 0 radical (unpaired) electrons. The highest BCUT2D eigenvalue weighted by Gasteiger charge is 2.41.